The lowest BCUT2D eigenvalue weighted by Crippen LogP contribution is -2.44. The number of piperidine rings is 1. The SMILES string of the molecule is BC1CCCC2CN(C(C)C)CCC2CC1. The lowest BCUT2D eigenvalue weighted by molar-refractivity contribution is 0.0772. The average Bonchev–Trinajstić information content (AvgIpc) is 2.24. The minimum Gasteiger partial charge on any atom is -0.301 e. The summed E-state index contributed by atoms with van der Waals surface area (Å²) in [6, 6.07) is 0.755. The van der Waals surface area contributed by atoms with E-state index in [1.165, 1.54) is 51.6 Å². The summed E-state index contributed by atoms with van der Waals surface area (Å²) in [4.78, 5) is 2.70. The molecular formula is C14H28BN. The summed E-state index contributed by atoms with van der Waals surface area (Å²) in [5, 5.41) is 0. The van der Waals surface area contributed by atoms with Crippen LogP contribution in [0.1, 0.15) is 52.4 Å². The topological polar surface area (TPSA) is 3.24 Å². The van der Waals surface area contributed by atoms with Crippen molar-refractivity contribution in [3.8, 4) is 0 Å². The summed E-state index contributed by atoms with van der Waals surface area (Å²) in [6.45, 7) is 7.45. The van der Waals surface area contributed by atoms with Gasteiger partial charge in [-0.05, 0) is 45.1 Å². The van der Waals surface area contributed by atoms with Crippen LogP contribution in [0.3, 0.4) is 0 Å². The highest BCUT2D eigenvalue weighted by Crippen LogP contribution is 2.37. The van der Waals surface area contributed by atoms with Gasteiger partial charge in [0.05, 0.1) is 0 Å². The summed E-state index contributed by atoms with van der Waals surface area (Å²) in [6.07, 6.45) is 8.92. The van der Waals surface area contributed by atoms with Gasteiger partial charge in [-0.3, -0.25) is 0 Å². The molecule has 1 heterocycles. The zero-order chi connectivity index (χ0) is 11.5. The number of hydrogen-bond donors (Lipinski definition) is 0. The van der Waals surface area contributed by atoms with E-state index >= 15 is 0 Å². The van der Waals surface area contributed by atoms with Crippen molar-refractivity contribution in [2.75, 3.05) is 13.1 Å². The molecule has 1 saturated heterocycles. The fourth-order valence-corrected chi connectivity index (χ4v) is 3.66. The molecule has 16 heavy (non-hydrogen) atoms. The van der Waals surface area contributed by atoms with Gasteiger partial charge in [0.15, 0.2) is 0 Å². The van der Waals surface area contributed by atoms with Gasteiger partial charge in [-0.25, -0.2) is 0 Å². The van der Waals surface area contributed by atoms with Crippen molar-refractivity contribution in [2.45, 2.75) is 64.2 Å². The molecule has 0 spiro atoms. The zero-order valence-corrected chi connectivity index (χ0v) is 11.4. The Hall–Kier alpha value is 0.0249. The predicted octanol–water partition coefficient (Wildman–Crippen LogP) is 2.72. The smallest absolute Gasteiger partial charge is 0.105 e. The standard InChI is InChI=1S/C14H28BN/c1-11(2)16-9-8-12-6-7-14(15)5-3-4-13(12)10-16/h11-14H,3-10,15H2,1-2H3. The Morgan fingerprint density at radius 3 is 2.56 bits per heavy atom. The quantitative estimate of drug-likeness (QED) is 0.615. The van der Waals surface area contributed by atoms with Gasteiger partial charge < -0.3 is 4.90 Å². The Morgan fingerprint density at radius 1 is 1.00 bits per heavy atom. The van der Waals surface area contributed by atoms with Crippen LogP contribution in [-0.2, 0) is 0 Å². The van der Waals surface area contributed by atoms with Gasteiger partial charge in [0.2, 0.25) is 0 Å². The molecule has 2 aliphatic rings. The molecule has 1 saturated carbocycles. The Labute approximate surface area is 102 Å². The van der Waals surface area contributed by atoms with Gasteiger partial charge in [0.1, 0.15) is 7.85 Å². The van der Waals surface area contributed by atoms with Crippen molar-refractivity contribution in [3.05, 3.63) is 0 Å². The van der Waals surface area contributed by atoms with E-state index in [-0.39, 0.29) is 0 Å². The van der Waals surface area contributed by atoms with Crippen molar-refractivity contribution in [2.24, 2.45) is 11.8 Å². The van der Waals surface area contributed by atoms with Crippen LogP contribution in [0.15, 0.2) is 0 Å². The van der Waals surface area contributed by atoms with E-state index in [2.05, 4.69) is 26.6 Å². The largest absolute Gasteiger partial charge is 0.301 e. The highest BCUT2D eigenvalue weighted by atomic mass is 15.2. The van der Waals surface area contributed by atoms with Gasteiger partial charge in [-0.2, -0.15) is 0 Å². The van der Waals surface area contributed by atoms with E-state index in [9.17, 15) is 0 Å². The summed E-state index contributed by atoms with van der Waals surface area (Å²) in [7, 11) is 2.45. The van der Waals surface area contributed by atoms with E-state index in [0.717, 1.165) is 23.7 Å². The summed E-state index contributed by atoms with van der Waals surface area (Å²) in [5.41, 5.74) is 0. The second-order valence-corrected chi connectivity index (χ2v) is 6.51. The maximum Gasteiger partial charge on any atom is 0.105 e. The minimum atomic E-state index is 0.755. The van der Waals surface area contributed by atoms with Crippen LogP contribution < -0.4 is 0 Å². The van der Waals surface area contributed by atoms with E-state index in [1.807, 2.05) is 0 Å². The summed E-state index contributed by atoms with van der Waals surface area (Å²) in [5.74, 6) is 3.06. The highest BCUT2D eigenvalue weighted by Gasteiger charge is 2.30. The second-order valence-electron chi connectivity index (χ2n) is 6.51. The molecule has 0 bridgehead atoms. The third-order valence-electron chi connectivity index (χ3n) is 4.96. The Bertz CT molecular complexity index is 217. The van der Waals surface area contributed by atoms with Gasteiger partial charge in [0, 0.05) is 12.6 Å². The molecule has 0 amide bonds. The Morgan fingerprint density at radius 2 is 1.81 bits per heavy atom. The molecule has 2 heteroatoms. The Balaban J connectivity index is 1.91. The number of hydrogen-bond acceptors (Lipinski definition) is 1. The van der Waals surface area contributed by atoms with Crippen LogP contribution >= 0.6 is 0 Å². The van der Waals surface area contributed by atoms with Crippen molar-refractivity contribution in [3.63, 3.8) is 0 Å². The Kier molecular flexibility index (Phi) is 4.35. The molecular weight excluding hydrogens is 193 g/mol. The molecule has 2 rings (SSSR count). The molecule has 1 nitrogen and oxygen atoms in total. The maximum atomic E-state index is 2.70. The average molecular weight is 221 g/mol. The van der Waals surface area contributed by atoms with E-state index < -0.39 is 0 Å². The van der Waals surface area contributed by atoms with Gasteiger partial charge >= 0.3 is 0 Å². The molecule has 1 aliphatic heterocycles. The lowest BCUT2D eigenvalue weighted by Gasteiger charge is -2.42. The third kappa shape index (κ3) is 3.03. The van der Waals surface area contributed by atoms with Crippen molar-refractivity contribution in [1.82, 2.24) is 4.90 Å². The van der Waals surface area contributed by atoms with Crippen LogP contribution in [0.4, 0.5) is 0 Å². The molecule has 3 unspecified atom stereocenters. The van der Waals surface area contributed by atoms with Crippen LogP contribution in [0.25, 0.3) is 0 Å². The normalized spacial score (nSPS) is 37.8. The molecule has 0 aromatic heterocycles. The van der Waals surface area contributed by atoms with Crippen LogP contribution in [0.2, 0.25) is 5.82 Å². The maximum absolute atomic E-state index is 2.70. The number of likely N-dealkylation sites (tertiary alicyclic amines) is 1. The number of fused-ring (bicyclic) bond motifs is 1. The van der Waals surface area contributed by atoms with Crippen molar-refractivity contribution < 1.29 is 0 Å². The summed E-state index contributed by atoms with van der Waals surface area (Å²) >= 11 is 0. The highest BCUT2D eigenvalue weighted by molar-refractivity contribution is 6.11. The number of nitrogens with zero attached hydrogens (tertiary/aromatic N) is 1. The number of rotatable bonds is 1. The first-order valence-electron chi connectivity index (χ1n) is 7.41. The van der Waals surface area contributed by atoms with Crippen molar-refractivity contribution in [1.29, 1.82) is 0 Å². The van der Waals surface area contributed by atoms with Gasteiger partial charge in [-0.1, -0.05) is 31.5 Å². The van der Waals surface area contributed by atoms with Crippen LogP contribution in [0.5, 0.6) is 0 Å². The first kappa shape index (κ1) is 12.5. The molecule has 0 aromatic carbocycles. The molecule has 0 N–H and O–H groups in total. The second kappa shape index (κ2) is 5.57. The molecule has 92 valence electrons. The van der Waals surface area contributed by atoms with E-state index in [4.69, 9.17) is 0 Å². The fraction of sp³-hybridized carbons (Fsp3) is 1.00. The molecule has 2 fully saturated rings. The molecule has 1 aliphatic carbocycles. The van der Waals surface area contributed by atoms with Gasteiger partial charge in [0.25, 0.3) is 0 Å². The predicted molar refractivity (Wildman–Crippen MR) is 73.7 cm³/mol. The monoisotopic (exact) mass is 221 g/mol. The lowest BCUT2D eigenvalue weighted by atomic mass is 9.70. The minimum absolute atomic E-state index is 0.755. The van der Waals surface area contributed by atoms with Gasteiger partial charge in [-0.15, -0.1) is 0 Å². The first-order valence-corrected chi connectivity index (χ1v) is 7.41. The van der Waals surface area contributed by atoms with E-state index in [1.54, 1.807) is 0 Å². The first-order chi connectivity index (χ1) is 7.66. The van der Waals surface area contributed by atoms with Crippen LogP contribution in [-0.4, -0.2) is 31.9 Å². The molecule has 0 aromatic rings. The zero-order valence-electron chi connectivity index (χ0n) is 11.4. The fourth-order valence-electron chi connectivity index (χ4n) is 3.66. The summed E-state index contributed by atoms with van der Waals surface area (Å²) < 4.78 is 0. The molecule has 0 radical (unpaired) electrons. The molecule has 3 atom stereocenters. The van der Waals surface area contributed by atoms with Crippen molar-refractivity contribution >= 4 is 7.85 Å². The van der Waals surface area contributed by atoms with Crippen LogP contribution in [0, 0.1) is 11.8 Å². The third-order valence-corrected chi connectivity index (χ3v) is 4.96. The van der Waals surface area contributed by atoms with E-state index in [0.29, 0.717) is 0 Å².